The summed E-state index contributed by atoms with van der Waals surface area (Å²) in [7, 11) is 1.88. The Labute approximate surface area is 173 Å². The van der Waals surface area contributed by atoms with Crippen LogP contribution in [0.4, 0.5) is 5.69 Å². The standard InChI is InChI=1S/C22H25N5O3/c1-26-14-23-18-9-8-17(11-19(18)26)24-20(28)13-27-12-15(7-10-21(27)29)22(30)25-16-5-3-2-4-6-16/h7-12,14,16H,2-6,13H2,1H3,(H,24,28)(H,25,30). The zero-order valence-corrected chi connectivity index (χ0v) is 16.9. The predicted molar refractivity (Wildman–Crippen MR) is 114 cm³/mol. The molecular formula is C22H25N5O3. The van der Waals surface area contributed by atoms with Crippen LogP contribution >= 0.6 is 0 Å². The molecular weight excluding hydrogens is 382 g/mol. The molecule has 2 N–H and O–H groups in total. The van der Waals surface area contributed by atoms with Crippen molar-refractivity contribution < 1.29 is 9.59 Å². The minimum Gasteiger partial charge on any atom is -0.349 e. The number of rotatable bonds is 5. The highest BCUT2D eigenvalue weighted by molar-refractivity contribution is 5.95. The number of carbonyl (C=O) groups is 2. The molecule has 30 heavy (non-hydrogen) atoms. The van der Waals surface area contributed by atoms with E-state index in [2.05, 4.69) is 15.6 Å². The molecule has 1 saturated carbocycles. The molecule has 0 radical (unpaired) electrons. The van der Waals surface area contributed by atoms with E-state index in [0.717, 1.165) is 36.7 Å². The maximum absolute atomic E-state index is 12.5. The van der Waals surface area contributed by atoms with Crippen molar-refractivity contribution in [2.45, 2.75) is 44.7 Å². The fraction of sp³-hybridized carbons (Fsp3) is 0.364. The Morgan fingerprint density at radius 3 is 2.73 bits per heavy atom. The van der Waals surface area contributed by atoms with Gasteiger partial charge in [0.05, 0.1) is 22.9 Å². The van der Waals surface area contributed by atoms with Gasteiger partial charge in [0.25, 0.3) is 11.5 Å². The highest BCUT2D eigenvalue weighted by Crippen LogP contribution is 2.18. The molecule has 2 heterocycles. The average molecular weight is 407 g/mol. The molecule has 0 saturated heterocycles. The maximum atomic E-state index is 12.5. The van der Waals surface area contributed by atoms with E-state index in [1.807, 2.05) is 23.7 Å². The normalized spacial score (nSPS) is 14.6. The summed E-state index contributed by atoms with van der Waals surface area (Å²) in [6, 6.07) is 8.43. The van der Waals surface area contributed by atoms with E-state index in [9.17, 15) is 14.4 Å². The van der Waals surface area contributed by atoms with Crippen LogP contribution in [0.1, 0.15) is 42.5 Å². The van der Waals surface area contributed by atoms with E-state index in [-0.39, 0.29) is 30.0 Å². The van der Waals surface area contributed by atoms with Crippen molar-refractivity contribution in [3.05, 3.63) is 58.8 Å². The number of amides is 2. The number of nitrogens with one attached hydrogen (secondary N) is 2. The van der Waals surface area contributed by atoms with Crippen LogP contribution in [-0.4, -0.2) is 32.0 Å². The maximum Gasteiger partial charge on any atom is 0.252 e. The number of hydrogen-bond acceptors (Lipinski definition) is 4. The minimum atomic E-state index is -0.344. The summed E-state index contributed by atoms with van der Waals surface area (Å²) in [6.45, 7) is -0.174. The molecule has 0 unspecified atom stereocenters. The number of aryl methyl sites for hydroxylation is 1. The van der Waals surface area contributed by atoms with Crippen LogP contribution in [0, 0.1) is 0 Å². The van der Waals surface area contributed by atoms with Crippen molar-refractivity contribution in [1.82, 2.24) is 19.4 Å². The van der Waals surface area contributed by atoms with Crippen molar-refractivity contribution >= 4 is 28.5 Å². The van der Waals surface area contributed by atoms with E-state index in [0.29, 0.717) is 11.3 Å². The first-order chi connectivity index (χ1) is 14.5. The van der Waals surface area contributed by atoms with Crippen LogP contribution < -0.4 is 16.2 Å². The predicted octanol–water partition coefficient (Wildman–Crippen LogP) is 2.44. The third-order valence-electron chi connectivity index (χ3n) is 5.51. The van der Waals surface area contributed by atoms with Crippen molar-refractivity contribution in [3.8, 4) is 0 Å². The quantitative estimate of drug-likeness (QED) is 0.679. The van der Waals surface area contributed by atoms with Crippen LogP contribution in [0.25, 0.3) is 11.0 Å². The van der Waals surface area contributed by atoms with Crippen LogP contribution in [0.3, 0.4) is 0 Å². The van der Waals surface area contributed by atoms with Gasteiger partial charge in [-0.3, -0.25) is 14.4 Å². The molecule has 1 fully saturated rings. The highest BCUT2D eigenvalue weighted by atomic mass is 16.2. The summed E-state index contributed by atoms with van der Waals surface area (Å²) in [6.07, 6.45) is 8.57. The molecule has 2 aromatic heterocycles. The molecule has 1 aliphatic rings. The lowest BCUT2D eigenvalue weighted by atomic mass is 9.95. The second-order valence-electron chi connectivity index (χ2n) is 7.80. The molecule has 0 bridgehead atoms. The number of anilines is 1. The second-order valence-corrected chi connectivity index (χ2v) is 7.80. The molecule has 156 valence electrons. The molecule has 0 aliphatic heterocycles. The van der Waals surface area contributed by atoms with Crippen LogP contribution in [0.5, 0.6) is 0 Å². The monoisotopic (exact) mass is 407 g/mol. The Morgan fingerprint density at radius 1 is 1.13 bits per heavy atom. The van der Waals surface area contributed by atoms with E-state index < -0.39 is 0 Å². The van der Waals surface area contributed by atoms with Gasteiger partial charge in [-0.15, -0.1) is 0 Å². The van der Waals surface area contributed by atoms with Gasteiger partial charge in [-0.05, 0) is 37.1 Å². The Kier molecular flexibility index (Phi) is 5.65. The molecule has 0 atom stereocenters. The van der Waals surface area contributed by atoms with Crippen LogP contribution in [0.15, 0.2) is 47.7 Å². The molecule has 1 aromatic carbocycles. The van der Waals surface area contributed by atoms with E-state index in [1.54, 1.807) is 12.4 Å². The lowest BCUT2D eigenvalue weighted by molar-refractivity contribution is -0.116. The van der Waals surface area contributed by atoms with Gasteiger partial charge in [-0.2, -0.15) is 0 Å². The summed E-state index contributed by atoms with van der Waals surface area (Å²) in [5.41, 5.74) is 2.40. The fourth-order valence-corrected chi connectivity index (χ4v) is 3.86. The lowest BCUT2D eigenvalue weighted by Gasteiger charge is -2.22. The smallest absolute Gasteiger partial charge is 0.252 e. The number of fused-ring (bicyclic) bond motifs is 1. The van der Waals surface area contributed by atoms with Crippen molar-refractivity contribution in [3.63, 3.8) is 0 Å². The molecule has 8 nitrogen and oxygen atoms in total. The summed E-state index contributed by atoms with van der Waals surface area (Å²) >= 11 is 0. The third-order valence-corrected chi connectivity index (χ3v) is 5.51. The van der Waals surface area contributed by atoms with Gasteiger partial charge in [0, 0.05) is 31.0 Å². The molecule has 8 heteroatoms. The fourth-order valence-electron chi connectivity index (χ4n) is 3.86. The highest BCUT2D eigenvalue weighted by Gasteiger charge is 2.17. The molecule has 2 amide bonds. The van der Waals surface area contributed by atoms with Crippen molar-refractivity contribution in [1.29, 1.82) is 0 Å². The first-order valence-electron chi connectivity index (χ1n) is 10.2. The topological polar surface area (TPSA) is 98.0 Å². The molecule has 3 aromatic rings. The molecule has 4 rings (SSSR count). The number of pyridine rings is 1. The number of nitrogens with zero attached hydrogens (tertiary/aromatic N) is 3. The Hall–Kier alpha value is -3.42. The van der Waals surface area contributed by atoms with Gasteiger partial charge in [0.15, 0.2) is 0 Å². The zero-order valence-electron chi connectivity index (χ0n) is 16.9. The number of aromatic nitrogens is 3. The van der Waals surface area contributed by atoms with Crippen LogP contribution in [0.2, 0.25) is 0 Å². The Balaban J connectivity index is 1.44. The molecule has 0 spiro atoms. The summed E-state index contributed by atoms with van der Waals surface area (Å²) in [5, 5.41) is 5.83. The summed E-state index contributed by atoms with van der Waals surface area (Å²) in [5.74, 6) is -0.554. The first kappa shape index (κ1) is 19.9. The largest absolute Gasteiger partial charge is 0.349 e. The van der Waals surface area contributed by atoms with Gasteiger partial charge in [0.2, 0.25) is 5.91 Å². The Morgan fingerprint density at radius 2 is 1.93 bits per heavy atom. The average Bonchev–Trinajstić information content (AvgIpc) is 3.10. The van der Waals surface area contributed by atoms with Gasteiger partial charge < -0.3 is 19.8 Å². The zero-order chi connectivity index (χ0) is 21.1. The van der Waals surface area contributed by atoms with Crippen molar-refractivity contribution in [2.24, 2.45) is 7.05 Å². The summed E-state index contributed by atoms with van der Waals surface area (Å²) in [4.78, 5) is 41.5. The number of imidazole rings is 1. The molecule has 1 aliphatic carbocycles. The number of benzene rings is 1. The Bertz CT molecular complexity index is 1140. The lowest BCUT2D eigenvalue weighted by Crippen LogP contribution is -2.37. The van der Waals surface area contributed by atoms with Gasteiger partial charge in [-0.25, -0.2) is 4.98 Å². The van der Waals surface area contributed by atoms with E-state index in [1.165, 1.54) is 29.3 Å². The van der Waals surface area contributed by atoms with Gasteiger partial charge in [0.1, 0.15) is 6.54 Å². The second kappa shape index (κ2) is 8.52. The van der Waals surface area contributed by atoms with Gasteiger partial charge >= 0.3 is 0 Å². The van der Waals surface area contributed by atoms with Crippen molar-refractivity contribution in [2.75, 3.05) is 5.32 Å². The third kappa shape index (κ3) is 4.42. The number of carbonyl (C=O) groups excluding carboxylic acids is 2. The minimum absolute atomic E-state index is 0.174. The summed E-state index contributed by atoms with van der Waals surface area (Å²) < 4.78 is 3.12. The van der Waals surface area contributed by atoms with E-state index >= 15 is 0 Å². The SMILES string of the molecule is Cn1cnc2ccc(NC(=O)Cn3cc(C(=O)NC4CCCCC4)ccc3=O)cc21. The van der Waals surface area contributed by atoms with Gasteiger partial charge in [-0.1, -0.05) is 19.3 Å². The number of hydrogen-bond donors (Lipinski definition) is 2. The van der Waals surface area contributed by atoms with E-state index in [4.69, 9.17) is 0 Å². The first-order valence-corrected chi connectivity index (χ1v) is 10.2. The van der Waals surface area contributed by atoms with Crippen LogP contribution in [-0.2, 0) is 18.4 Å².